The summed E-state index contributed by atoms with van der Waals surface area (Å²) >= 11 is 0. The Balaban J connectivity index is 2.30. The number of nitrogens with one attached hydrogen (secondary N) is 2. The Morgan fingerprint density at radius 2 is 2.19 bits per heavy atom. The van der Waals surface area contributed by atoms with Crippen LogP contribution in [0.3, 0.4) is 0 Å². The van der Waals surface area contributed by atoms with Crippen LogP contribution < -0.4 is 15.5 Å². The Morgan fingerprint density at radius 1 is 1.44 bits per heavy atom. The first-order valence-corrected chi connectivity index (χ1v) is 5.98. The number of nitrogens with zero attached hydrogens (tertiary/aromatic N) is 2. The molecular formula is C12H20N4. The molecule has 1 aliphatic rings. The van der Waals surface area contributed by atoms with E-state index in [-0.39, 0.29) is 0 Å². The van der Waals surface area contributed by atoms with Crippen LogP contribution in [0, 0.1) is 0 Å². The van der Waals surface area contributed by atoms with Gasteiger partial charge in [0.15, 0.2) is 0 Å². The molecule has 0 radical (unpaired) electrons. The molecule has 0 bridgehead atoms. The van der Waals surface area contributed by atoms with Gasteiger partial charge >= 0.3 is 0 Å². The molecule has 0 spiro atoms. The molecular weight excluding hydrogens is 200 g/mol. The minimum Gasteiger partial charge on any atom is -0.373 e. The van der Waals surface area contributed by atoms with E-state index in [2.05, 4.69) is 33.5 Å². The molecule has 0 unspecified atom stereocenters. The Hall–Kier alpha value is -1.29. The minimum absolute atomic E-state index is 1.01. The van der Waals surface area contributed by atoms with E-state index in [9.17, 15) is 0 Å². The fourth-order valence-corrected chi connectivity index (χ4v) is 2.25. The Labute approximate surface area is 97.1 Å². The molecule has 0 atom stereocenters. The average Bonchev–Trinajstić information content (AvgIpc) is 2.38. The molecule has 2 rings (SSSR count). The number of aromatic nitrogens is 1. The van der Waals surface area contributed by atoms with Crippen molar-refractivity contribution in [3.05, 3.63) is 17.8 Å². The maximum absolute atomic E-state index is 4.37. The fourth-order valence-electron chi connectivity index (χ4n) is 2.25. The highest BCUT2D eigenvalue weighted by atomic mass is 15.2. The zero-order chi connectivity index (χ0) is 11.4. The first kappa shape index (κ1) is 11.2. The summed E-state index contributed by atoms with van der Waals surface area (Å²) in [6.45, 7) is 6.49. The van der Waals surface area contributed by atoms with E-state index in [1.165, 1.54) is 11.3 Å². The average molecular weight is 220 g/mol. The maximum atomic E-state index is 4.37. The largest absolute Gasteiger partial charge is 0.373 e. The smallest absolute Gasteiger partial charge is 0.130 e. The van der Waals surface area contributed by atoms with Gasteiger partial charge in [0.1, 0.15) is 5.82 Å². The van der Waals surface area contributed by atoms with Crippen LogP contribution in [0.4, 0.5) is 11.5 Å². The number of hydrogen-bond donors (Lipinski definition) is 2. The fraction of sp³-hybridized carbons (Fsp3) is 0.583. The summed E-state index contributed by atoms with van der Waals surface area (Å²) in [6.07, 6.45) is 2.91. The molecule has 1 aromatic heterocycles. The second-order valence-electron chi connectivity index (χ2n) is 4.00. The third-order valence-electron chi connectivity index (χ3n) is 3.08. The van der Waals surface area contributed by atoms with Crippen LogP contribution in [0.25, 0.3) is 0 Å². The molecule has 1 aliphatic heterocycles. The van der Waals surface area contributed by atoms with Crippen LogP contribution in [0.15, 0.2) is 12.3 Å². The van der Waals surface area contributed by atoms with E-state index in [0.29, 0.717) is 0 Å². The van der Waals surface area contributed by atoms with Crippen molar-refractivity contribution in [3.8, 4) is 0 Å². The van der Waals surface area contributed by atoms with Crippen molar-refractivity contribution in [1.82, 2.24) is 10.3 Å². The lowest BCUT2D eigenvalue weighted by Gasteiger charge is -2.31. The zero-order valence-electron chi connectivity index (χ0n) is 10.1. The molecule has 1 saturated heterocycles. The first-order valence-electron chi connectivity index (χ1n) is 5.98. The normalized spacial score (nSPS) is 16.2. The molecule has 1 aromatic rings. The molecule has 0 aromatic carbocycles. The molecule has 1 fully saturated rings. The summed E-state index contributed by atoms with van der Waals surface area (Å²) in [5.74, 6) is 1.01. The SMILES string of the molecule is CCc1c(N2CCNCC2)ccnc1NC. The number of anilines is 2. The van der Waals surface area contributed by atoms with Crippen molar-refractivity contribution in [2.24, 2.45) is 0 Å². The second-order valence-corrected chi connectivity index (χ2v) is 4.00. The quantitative estimate of drug-likeness (QED) is 0.800. The third-order valence-corrected chi connectivity index (χ3v) is 3.08. The van der Waals surface area contributed by atoms with Crippen LogP contribution in [-0.2, 0) is 6.42 Å². The standard InChI is InChI=1S/C12H20N4/c1-3-10-11(4-5-15-12(10)13-2)16-8-6-14-7-9-16/h4-5,14H,3,6-9H2,1-2H3,(H,13,15). The predicted molar refractivity (Wildman–Crippen MR) is 68.2 cm³/mol. The Bertz CT molecular complexity index is 345. The van der Waals surface area contributed by atoms with Gasteiger partial charge in [0, 0.05) is 50.7 Å². The monoisotopic (exact) mass is 220 g/mol. The van der Waals surface area contributed by atoms with Gasteiger partial charge in [-0.2, -0.15) is 0 Å². The van der Waals surface area contributed by atoms with Gasteiger partial charge in [0.05, 0.1) is 0 Å². The van der Waals surface area contributed by atoms with Crippen molar-refractivity contribution in [1.29, 1.82) is 0 Å². The summed E-state index contributed by atoms with van der Waals surface area (Å²) in [7, 11) is 1.93. The highest BCUT2D eigenvalue weighted by Gasteiger charge is 2.15. The number of piperazine rings is 1. The van der Waals surface area contributed by atoms with Crippen molar-refractivity contribution < 1.29 is 0 Å². The Kier molecular flexibility index (Phi) is 3.62. The Morgan fingerprint density at radius 3 is 2.81 bits per heavy atom. The van der Waals surface area contributed by atoms with Crippen molar-refractivity contribution in [3.63, 3.8) is 0 Å². The van der Waals surface area contributed by atoms with Gasteiger partial charge in [-0.1, -0.05) is 6.92 Å². The highest BCUT2D eigenvalue weighted by Crippen LogP contribution is 2.26. The maximum Gasteiger partial charge on any atom is 0.130 e. The lowest BCUT2D eigenvalue weighted by molar-refractivity contribution is 0.588. The van der Waals surface area contributed by atoms with Crippen molar-refractivity contribution in [2.45, 2.75) is 13.3 Å². The molecule has 0 aliphatic carbocycles. The molecule has 2 N–H and O–H groups in total. The van der Waals surface area contributed by atoms with E-state index in [1.54, 1.807) is 0 Å². The van der Waals surface area contributed by atoms with Gasteiger partial charge in [0.25, 0.3) is 0 Å². The molecule has 88 valence electrons. The van der Waals surface area contributed by atoms with E-state index < -0.39 is 0 Å². The van der Waals surface area contributed by atoms with Crippen LogP contribution in [0.5, 0.6) is 0 Å². The van der Waals surface area contributed by atoms with Crippen molar-refractivity contribution >= 4 is 11.5 Å². The van der Waals surface area contributed by atoms with Crippen LogP contribution in [0.2, 0.25) is 0 Å². The summed E-state index contributed by atoms with van der Waals surface area (Å²) in [6, 6.07) is 2.13. The molecule has 2 heterocycles. The summed E-state index contributed by atoms with van der Waals surface area (Å²) in [5.41, 5.74) is 2.66. The zero-order valence-corrected chi connectivity index (χ0v) is 10.1. The minimum atomic E-state index is 1.01. The van der Waals surface area contributed by atoms with Gasteiger partial charge < -0.3 is 15.5 Å². The topological polar surface area (TPSA) is 40.2 Å². The van der Waals surface area contributed by atoms with Gasteiger partial charge in [-0.05, 0) is 12.5 Å². The van der Waals surface area contributed by atoms with Crippen LogP contribution >= 0.6 is 0 Å². The molecule has 16 heavy (non-hydrogen) atoms. The van der Waals surface area contributed by atoms with E-state index in [1.807, 2.05) is 13.2 Å². The van der Waals surface area contributed by atoms with Crippen molar-refractivity contribution in [2.75, 3.05) is 43.4 Å². The van der Waals surface area contributed by atoms with E-state index in [4.69, 9.17) is 0 Å². The van der Waals surface area contributed by atoms with Gasteiger partial charge in [-0.25, -0.2) is 4.98 Å². The number of pyridine rings is 1. The lowest BCUT2D eigenvalue weighted by atomic mass is 10.1. The van der Waals surface area contributed by atoms with Gasteiger partial charge in [-0.3, -0.25) is 0 Å². The molecule has 0 amide bonds. The first-order chi connectivity index (χ1) is 7.86. The van der Waals surface area contributed by atoms with E-state index >= 15 is 0 Å². The molecule has 4 heteroatoms. The van der Waals surface area contributed by atoms with Gasteiger partial charge in [-0.15, -0.1) is 0 Å². The predicted octanol–water partition coefficient (Wildman–Crippen LogP) is 1.10. The highest BCUT2D eigenvalue weighted by molar-refractivity contribution is 5.63. The molecule has 4 nitrogen and oxygen atoms in total. The number of hydrogen-bond acceptors (Lipinski definition) is 4. The second kappa shape index (κ2) is 5.16. The van der Waals surface area contributed by atoms with Crippen LogP contribution in [0.1, 0.15) is 12.5 Å². The number of rotatable bonds is 3. The summed E-state index contributed by atoms with van der Waals surface area (Å²) in [4.78, 5) is 6.81. The summed E-state index contributed by atoms with van der Waals surface area (Å²) < 4.78 is 0. The molecule has 0 saturated carbocycles. The summed E-state index contributed by atoms with van der Waals surface area (Å²) in [5, 5.41) is 6.55. The van der Waals surface area contributed by atoms with Crippen LogP contribution in [-0.4, -0.2) is 38.2 Å². The third kappa shape index (κ3) is 2.11. The van der Waals surface area contributed by atoms with E-state index in [0.717, 1.165) is 38.4 Å². The lowest BCUT2D eigenvalue weighted by Crippen LogP contribution is -2.44. The van der Waals surface area contributed by atoms with Gasteiger partial charge in [0.2, 0.25) is 0 Å².